The highest BCUT2D eigenvalue weighted by atomic mass is 32.2. The van der Waals surface area contributed by atoms with Gasteiger partial charge in [-0.2, -0.15) is 11.8 Å². The number of ketones is 1. The number of amides is 2. The van der Waals surface area contributed by atoms with E-state index in [1.54, 1.807) is 0 Å². The molecule has 0 aromatic heterocycles. The quantitative estimate of drug-likeness (QED) is 0.261. The first kappa shape index (κ1) is 41.8. The average molecular weight is 539 g/mol. The maximum atomic E-state index is 11.7. The van der Waals surface area contributed by atoms with Crippen LogP contribution in [0.25, 0.3) is 0 Å². The van der Waals surface area contributed by atoms with Crippen molar-refractivity contribution in [2.45, 2.75) is 112 Å². The molecule has 0 aromatic rings. The number of hydrogen-bond donors (Lipinski definition) is 2. The molecule has 1 rings (SSSR count). The van der Waals surface area contributed by atoms with Crippen LogP contribution in [0.3, 0.4) is 0 Å². The summed E-state index contributed by atoms with van der Waals surface area (Å²) in [5.41, 5.74) is 0. The number of alkyl carbamates (subject to hydrolysis) is 1. The van der Waals surface area contributed by atoms with Crippen molar-refractivity contribution in [3.05, 3.63) is 0 Å². The smallest absolute Gasteiger partial charge is 0.407 e. The number of nitrogens with one attached hydrogen (secondary N) is 2. The molecule has 8 nitrogen and oxygen atoms in total. The lowest BCUT2D eigenvalue weighted by atomic mass is 9.97. The van der Waals surface area contributed by atoms with E-state index in [-0.39, 0.29) is 36.7 Å². The summed E-state index contributed by atoms with van der Waals surface area (Å²) in [4.78, 5) is 33.9. The molecule has 9 heteroatoms. The van der Waals surface area contributed by atoms with Crippen molar-refractivity contribution in [3.63, 3.8) is 0 Å². The Morgan fingerprint density at radius 3 is 1.64 bits per heavy atom. The van der Waals surface area contributed by atoms with E-state index in [9.17, 15) is 14.4 Å². The fourth-order valence-corrected chi connectivity index (χ4v) is 3.51. The third kappa shape index (κ3) is 30.7. The average Bonchev–Trinajstić information content (AvgIpc) is 2.93. The van der Waals surface area contributed by atoms with Gasteiger partial charge in [0.25, 0.3) is 0 Å². The number of ether oxygens (including phenoxy) is 3. The Hall–Kier alpha value is -1.32. The van der Waals surface area contributed by atoms with Crippen molar-refractivity contribution in [1.29, 1.82) is 0 Å². The maximum absolute atomic E-state index is 11.7. The lowest BCUT2D eigenvalue weighted by Crippen LogP contribution is -2.33. The predicted octanol–water partition coefficient (Wildman–Crippen LogP) is 6.01. The summed E-state index contributed by atoms with van der Waals surface area (Å²) in [6.45, 7) is 19.9. The second-order valence-corrected chi connectivity index (χ2v) is 7.88. The zero-order valence-corrected chi connectivity index (χ0v) is 25.8. The SMILES string of the molecule is CC.CC.CC.CC.CSC1CCC(OC(=O)NCCOCCOCCNC(=O)CCC(C)=O)CC1. The third-order valence-electron chi connectivity index (χ3n) is 4.39. The number of thioether (sulfide) groups is 1. The zero-order chi connectivity index (χ0) is 28.6. The van der Waals surface area contributed by atoms with E-state index in [0.717, 1.165) is 25.7 Å². The Bertz CT molecular complexity index is 473. The fourth-order valence-electron chi connectivity index (χ4n) is 2.77. The molecule has 1 saturated carbocycles. The van der Waals surface area contributed by atoms with E-state index in [1.165, 1.54) is 6.92 Å². The molecule has 0 radical (unpaired) electrons. The molecular weight excluding hydrogens is 480 g/mol. The highest BCUT2D eigenvalue weighted by molar-refractivity contribution is 7.99. The van der Waals surface area contributed by atoms with Crippen LogP contribution in [0.4, 0.5) is 4.79 Å². The summed E-state index contributed by atoms with van der Waals surface area (Å²) in [5.74, 6) is -0.144. The zero-order valence-electron chi connectivity index (χ0n) is 25.0. The molecule has 0 saturated heterocycles. The van der Waals surface area contributed by atoms with Crippen LogP contribution < -0.4 is 10.6 Å². The van der Waals surface area contributed by atoms with Crippen LogP contribution in [0.2, 0.25) is 0 Å². The molecule has 218 valence electrons. The Morgan fingerprint density at radius 2 is 1.19 bits per heavy atom. The van der Waals surface area contributed by atoms with Crippen molar-refractivity contribution in [3.8, 4) is 0 Å². The number of Topliss-reactive ketones (excluding diaryl/α,β-unsaturated/α-hetero) is 1. The van der Waals surface area contributed by atoms with Crippen molar-refractivity contribution in [2.24, 2.45) is 0 Å². The van der Waals surface area contributed by atoms with Gasteiger partial charge in [0, 0.05) is 31.2 Å². The summed E-state index contributed by atoms with van der Waals surface area (Å²) < 4.78 is 16.1. The standard InChI is InChI=1S/C19H34N2O6S.4C2H6/c1-15(22)3-8-18(23)20-9-11-25-13-14-26-12-10-21-19(24)27-16-4-6-17(28-2)7-5-16;4*1-2/h16-17H,3-14H2,1-2H3,(H,20,23)(H,21,24);4*1-2H3. The minimum Gasteiger partial charge on any atom is -0.446 e. The van der Waals surface area contributed by atoms with E-state index in [4.69, 9.17) is 14.2 Å². The van der Waals surface area contributed by atoms with Crippen LogP contribution in [0.1, 0.15) is 101 Å². The van der Waals surface area contributed by atoms with Gasteiger partial charge in [0.05, 0.1) is 26.4 Å². The van der Waals surface area contributed by atoms with Crippen LogP contribution in [0, 0.1) is 0 Å². The molecule has 1 aliphatic carbocycles. The molecule has 1 aliphatic rings. The molecule has 0 spiro atoms. The molecule has 0 heterocycles. The molecule has 1 fully saturated rings. The second kappa shape index (κ2) is 35.8. The molecule has 0 unspecified atom stereocenters. The maximum Gasteiger partial charge on any atom is 0.407 e. The molecule has 36 heavy (non-hydrogen) atoms. The number of hydrogen-bond acceptors (Lipinski definition) is 7. The molecule has 0 bridgehead atoms. The Kier molecular flexibility index (Phi) is 41.6. The van der Waals surface area contributed by atoms with Gasteiger partial charge in [-0.25, -0.2) is 4.79 Å². The lowest BCUT2D eigenvalue weighted by molar-refractivity contribution is -0.124. The van der Waals surface area contributed by atoms with Crippen molar-refractivity contribution in [2.75, 3.05) is 45.8 Å². The topological polar surface area (TPSA) is 103 Å². The Labute approximate surface area is 226 Å². The van der Waals surface area contributed by atoms with E-state index in [1.807, 2.05) is 67.2 Å². The molecule has 0 aromatic carbocycles. The lowest BCUT2D eigenvalue weighted by Gasteiger charge is -2.27. The van der Waals surface area contributed by atoms with Crippen molar-refractivity contribution in [1.82, 2.24) is 10.6 Å². The molecule has 0 atom stereocenters. The second-order valence-electron chi connectivity index (χ2n) is 6.74. The van der Waals surface area contributed by atoms with Gasteiger partial charge < -0.3 is 29.6 Å². The van der Waals surface area contributed by atoms with E-state index in [0.29, 0.717) is 44.8 Å². The van der Waals surface area contributed by atoms with Gasteiger partial charge in [-0.15, -0.1) is 0 Å². The van der Waals surface area contributed by atoms with Crippen LogP contribution in [0.5, 0.6) is 0 Å². The van der Waals surface area contributed by atoms with E-state index >= 15 is 0 Å². The highest BCUT2D eigenvalue weighted by Gasteiger charge is 2.23. The Morgan fingerprint density at radius 1 is 0.722 bits per heavy atom. The molecule has 0 aliphatic heterocycles. The first-order chi connectivity index (χ1) is 17.5. The van der Waals surface area contributed by atoms with Crippen LogP contribution in [-0.4, -0.2) is 74.9 Å². The fraction of sp³-hybridized carbons (Fsp3) is 0.889. The van der Waals surface area contributed by atoms with Crippen molar-refractivity contribution >= 4 is 29.5 Å². The largest absolute Gasteiger partial charge is 0.446 e. The van der Waals surface area contributed by atoms with E-state index < -0.39 is 0 Å². The van der Waals surface area contributed by atoms with Crippen molar-refractivity contribution < 1.29 is 28.6 Å². The number of carbonyl (C=O) groups is 3. The van der Waals surface area contributed by atoms with Crippen LogP contribution in [0.15, 0.2) is 0 Å². The minimum absolute atomic E-state index is 0.00425. The summed E-state index contributed by atoms with van der Waals surface area (Å²) in [5, 5.41) is 6.07. The van der Waals surface area contributed by atoms with Crippen LogP contribution in [-0.2, 0) is 23.8 Å². The van der Waals surface area contributed by atoms with Gasteiger partial charge >= 0.3 is 6.09 Å². The van der Waals surface area contributed by atoms with E-state index in [2.05, 4.69) is 16.9 Å². The molecular formula is C27H58N2O6S. The normalized spacial score (nSPS) is 15.5. The monoisotopic (exact) mass is 538 g/mol. The number of carbonyl (C=O) groups excluding carboxylic acids is 3. The third-order valence-corrected chi connectivity index (χ3v) is 5.53. The van der Waals surface area contributed by atoms with Gasteiger partial charge in [-0.1, -0.05) is 55.4 Å². The van der Waals surface area contributed by atoms with Gasteiger partial charge in [-0.05, 0) is 38.9 Å². The predicted molar refractivity (Wildman–Crippen MR) is 154 cm³/mol. The minimum atomic E-state index is -0.382. The summed E-state index contributed by atoms with van der Waals surface area (Å²) in [6, 6.07) is 0. The van der Waals surface area contributed by atoms with Gasteiger partial charge in [0.15, 0.2) is 0 Å². The summed E-state index contributed by atoms with van der Waals surface area (Å²) in [7, 11) is 0. The molecule has 2 amide bonds. The van der Waals surface area contributed by atoms with Gasteiger partial charge in [-0.3, -0.25) is 4.79 Å². The first-order valence-electron chi connectivity index (χ1n) is 13.9. The first-order valence-corrected chi connectivity index (χ1v) is 15.2. The number of rotatable bonds is 14. The van der Waals surface area contributed by atoms with Gasteiger partial charge in [0.2, 0.25) is 5.91 Å². The Balaban J connectivity index is -0.000000579. The summed E-state index contributed by atoms with van der Waals surface area (Å²) >= 11 is 1.89. The highest BCUT2D eigenvalue weighted by Crippen LogP contribution is 2.28. The van der Waals surface area contributed by atoms with Crippen LogP contribution >= 0.6 is 11.8 Å². The molecule has 2 N–H and O–H groups in total. The van der Waals surface area contributed by atoms with Gasteiger partial charge in [0.1, 0.15) is 11.9 Å². The summed E-state index contributed by atoms with van der Waals surface area (Å²) in [6.07, 6.45) is 6.32.